The SMILES string of the molecule is COc1ccc(CCN=c2c([N+](=O)[O-])nn(-c3ccccc3)n2O)cc1OC. The minimum absolute atomic E-state index is 0.206. The highest BCUT2D eigenvalue weighted by atomic mass is 16.6. The van der Waals surface area contributed by atoms with Gasteiger partial charge in [-0.05, 0) is 46.0 Å². The lowest BCUT2D eigenvalue weighted by Gasteiger charge is -2.08. The molecule has 10 nitrogen and oxygen atoms in total. The lowest BCUT2D eigenvalue weighted by molar-refractivity contribution is -0.391. The van der Waals surface area contributed by atoms with E-state index in [1.807, 2.05) is 12.1 Å². The Kier molecular flexibility index (Phi) is 5.58. The number of ether oxygens (including phenoxy) is 2. The molecule has 1 heterocycles. The van der Waals surface area contributed by atoms with Crippen LogP contribution in [0.15, 0.2) is 53.5 Å². The van der Waals surface area contributed by atoms with Gasteiger partial charge in [0.25, 0.3) is 5.49 Å². The van der Waals surface area contributed by atoms with E-state index in [2.05, 4.69) is 10.1 Å². The minimum atomic E-state index is -0.679. The van der Waals surface area contributed by atoms with Crippen LogP contribution >= 0.6 is 0 Å². The van der Waals surface area contributed by atoms with Gasteiger partial charge in [0, 0.05) is 6.54 Å². The summed E-state index contributed by atoms with van der Waals surface area (Å²) in [5, 5.41) is 25.5. The molecule has 3 aromatic rings. The highest BCUT2D eigenvalue weighted by Gasteiger charge is 2.23. The van der Waals surface area contributed by atoms with Crippen LogP contribution in [-0.4, -0.2) is 45.6 Å². The van der Waals surface area contributed by atoms with Gasteiger partial charge in [-0.3, -0.25) is 4.99 Å². The van der Waals surface area contributed by atoms with Crippen LogP contribution < -0.4 is 15.0 Å². The lowest BCUT2D eigenvalue weighted by atomic mass is 10.1. The molecular weight excluding hydrogens is 366 g/mol. The van der Waals surface area contributed by atoms with Crippen molar-refractivity contribution >= 4 is 5.82 Å². The number of methoxy groups -OCH3 is 2. The van der Waals surface area contributed by atoms with Gasteiger partial charge in [-0.1, -0.05) is 29.1 Å². The van der Waals surface area contributed by atoms with Crippen molar-refractivity contribution in [3.63, 3.8) is 0 Å². The Bertz CT molecular complexity index is 1040. The van der Waals surface area contributed by atoms with Gasteiger partial charge in [0.2, 0.25) is 0 Å². The Morgan fingerprint density at radius 2 is 1.86 bits per heavy atom. The number of rotatable bonds is 7. The largest absolute Gasteiger partial charge is 0.493 e. The van der Waals surface area contributed by atoms with Crippen molar-refractivity contribution in [3.05, 3.63) is 69.7 Å². The quantitative estimate of drug-likeness (QED) is 0.378. The average Bonchev–Trinajstić information content (AvgIpc) is 3.05. The molecule has 0 atom stereocenters. The van der Waals surface area contributed by atoms with Crippen molar-refractivity contribution in [3.8, 4) is 17.2 Å². The molecule has 0 radical (unpaired) electrons. The van der Waals surface area contributed by atoms with E-state index in [0.717, 1.165) is 10.4 Å². The number of benzene rings is 2. The van der Waals surface area contributed by atoms with Crippen LogP contribution in [0, 0.1) is 10.1 Å². The van der Waals surface area contributed by atoms with Gasteiger partial charge in [-0.25, -0.2) is 0 Å². The first kappa shape index (κ1) is 19.0. The smallest absolute Gasteiger partial charge is 0.438 e. The van der Waals surface area contributed by atoms with Crippen molar-refractivity contribution in [2.75, 3.05) is 20.8 Å². The Morgan fingerprint density at radius 1 is 1.14 bits per heavy atom. The molecule has 0 bridgehead atoms. The molecule has 0 saturated heterocycles. The molecule has 0 unspecified atom stereocenters. The molecule has 0 aliphatic carbocycles. The van der Waals surface area contributed by atoms with Crippen LogP contribution in [0.25, 0.3) is 5.69 Å². The fourth-order valence-corrected chi connectivity index (χ4v) is 2.66. The van der Waals surface area contributed by atoms with Gasteiger partial charge >= 0.3 is 5.82 Å². The summed E-state index contributed by atoms with van der Waals surface area (Å²) < 4.78 is 10.5. The average molecular weight is 385 g/mol. The van der Waals surface area contributed by atoms with Crippen LogP contribution in [0.1, 0.15) is 5.56 Å². The number of hydrogen-bond acceptors (Lipinski definition) is 7. The predicted molar refractivity (Wildman–Crippen MR) is 99.1 cm³/mol. The molecule has 0 spiro atoms. The fraction of sp³-hybridized carbons (Fsp3) is 0.222. The summed E-state index contributed by atoms with van der Waals surface area (Å²) in [6.07, 6.45) is 0.480. The van der Waals surface area contributed by atoms with Crippen molar-refractivity contribution in [2.24, 2.45) is 4.99 Å². The second-order valence-electron chi connectivity index (χ2n) is 5.74. The minimum Gasteiger partial charge on any atom is -0.493 e. The normalized spacial score (nSPS) is 11.4. The summed E-state index contributed by atoms with van der Waals surface area (Å²) in [6, 6.07) is 14.0. The molecule has 1 aromatic heterocycles. The number of hydrogen-bond donors (Lipinski definition) is 1. The predicted octanol–water partition coefficient (Wildman–Crippen LogP) is 1.98. The van der Waals surface area contributed by atoms with E-state index in [0.29, 0.717) is 28.5 Å². The standard InChI is InChI=1S/C18H19N5O5/c1-27-15-9-8-13(12-16(15)28-2)10-11-19-17-18(23(25)26)20-21(22(17)24)14-6-4-3-5-7-14/h3-9,12,24H,10-11H2,1-2H3. The van der Waals surface area contributed by atoms with E-state index >= 15 is 0 Å². The van der Waals surface area contributed by atoms with Gasteiger partial charge < -0.3 is 24.8 Å². The Balaban J connectivity index is 1.90. The Labute approximate surface area is 160 Å². The summed E-state index contributed by atoms with van der Waals surface area (Å²) in [4.78, 5) is 16.4. The van der Waals surface area contributed by atoms with Gasteiger partial charge in [0.05, 0.1) is 19.3 Å². The van der Waals surface area contributed by atoms with Gasteiger partial charge in [-0.2, -0.15) is 0 Å². The van der Waals surface area contributed by atoms with Crippen molar-refractivity contribution in [1.82, 2.24) is 14.7 Å². The maximum absolute atomic E-state index is 11.3. The number of nitro groups is 1. The molecule has 3 rings (SSSR count). The van der Waals surface area contributed by atoms with Gasteiger partial charge in [-0.15, -0.1) is 0 Å². The molecule has 2 aromatic carbocycles. The van der Waals surface area contributed by atoms with E-state index in [1.54, 1.807) is 50.6 Å². The van der Waals surface area contributed by atoms with Crippen LogP contribution in [0.4, 0.5) is 5.82 Å². The van der Waals surface area contributed by atoms with E-state index in [1.165, 1.54) is 0 Å². The van der Waals surface area contributed by atoms with Crippen LogP contribution in [-0.2, 0) is 6.42 Å². The van der Waals surface area contributed by atoms with Crippen molar-refractivity contribution < 1.29 is 19.6 Å². The molecule has 10 heteroatoms. The third-order valence-corrected chi connectivity index (χ3v) is 4.03. The molecule has 0 aliphatic rings. The second kappa shape index (κ2) is 8.25. The summed E-state index contributed by atoms with van der Waals surface area (Å²) in [6.45, 7) is 0.206. The zero-order valence-corrected chi connectivity index (χ0v) is 15.3. The third kappa shape index (κ3) is 3.80. The first-order valence-electron chi connectivity index (χ1n) is 8.38. The third-order valence-electron chi connectivity index (χ3n) is 4.03. The van der Waals surface area contributed by atoms with E-state index < -0.39 is 10.7 Å². The molecule has 0 saturated carbocycles. The summed E-state index contributed by atoms with van der Waals surface area (Å²) in [5.41, 5.74) is 1.15. The fourth-order valence-electron chi connectivity index (χ4n) is 2.66. The highest BCUT2D eigenvalue weighted by Crippen LogP contribution is 2.27. The molecular formula is C18H19N5O5. The van der Waals surface area contributed by atoms with Gasteiger partial charge in [0.15, 0.2) is 11.5 Å². The van der Waals surface area contributed by atoms with Gasteiger partial charge in [0.1, 0.15) is 5.69 Å². The topological polar surface area (TPSA) is 117 Å². The Morgan fingerprint density at radius 3 is 2.50 bits per heavy atom. The first-order valence-corrected chi connectivity index (χ1v) is 8.38. The summed E-state index contributed by atoms with van der Waals surface area (Å²) >= 11 is 0. The molecule has 146 valence electrons. The van der Waals surface area contributed by atoms with Crippen molar-refractivity contribution in [1.29, 1.82) is 0 Å². The maximum Gasteiger partial charge on any atom is 0.438 e. The molecule has 1 N–H and O–H groups in total. The lowest BCUT2D eigenvalue weighted by Crippen LogP contribution is -2.23. The zero-order chi connectivity index (χ0) is 20.1. The number of aromatic nitrogens is 3. The summed E-state index contributed by atoms with van der Waals surface area (Å²) in [7, 11) is 3.10. The molecule has 0 fully saturated rings. The zero-order valence-electron chi connectivity index (χ0n) is 15.3. The van der Waals surface area contributed by atoms with Crippen molar-refractivity contribution in [2.45, 2.75) is 6.42 Å². The monoisotopic (exact) mass is 385 g/mol. The Hall–Kier alpha value is -3.82. The molecule has 0 amide bonds. The molecule has 28 heavy (non-hydrogen) atoms. The van der Waals surface area contributed by atoms with E-state index in [-0.39, 0.29) is 12.0 Å². The van der Waals surface area contributed by atoms with E-state index in [9.17, 15) is 15.3 Å². The van der Waals surface area contributed by atoms with E-state index in [4.69, 9.17) is 9.47 Å². The van der Waals surface area contributed by atoms with Crippen LogP contribution in [0.3, 0.4) is 0 Å². The number of para-hydroxylation sites is 1. The highest BCUT2D eigenvalue weighted by molar-refractivity contribution is 5.43. The first-order chi connectivity index (χ1) is 13.5. The second-order valence-corrected chi connectivity index (χ2v) is 5.74. The van der Waals surface area contributed by atoms with Crippen LogP contribution in [0.2, 0.25) is 0 Å². The maximum atomic E-state index is 11.3. The molecule has 0 aliphatic heterocycles. The van der Waals surface area contributed by atoms with Crippen LogP contribution in [0.5, 0.6) is 11.5 Å². The number of nitrogens with zero attached hydrogens (tertiary/aromatic N) is 5. The summed E-state index contributed by atoms with van der Waals surface area (Å²) in [5.74, 6) is 0.662.